The Morgan fingerprint density at radius 1 is 1.50 bits per heavy atom. The van der Waals surface area contributed by atoms with E-state index >= 15 is 0 Å². The van der Waals surface area contributed by atoms with Gasteiger partial charge in [0.05, 0.1) is 23.8 Å². The van der Waals surface area contributed by atoms with Crippen LogP contribution in [0.5, 0.6) is 5.75 Å². The molecule has 2 rings (SSSR count). The van der Waals surface area contributed by atoms with Gasteiger partial charge in [-0.3, -0.25) is 4.99 Å². The van der Waals surface area contributed by atoms with Gasteiger partial charge in [-0.15, -0.1) is 11.3 Å². The van der Waals surface area contributed by atoms with Crippen molar-refractivity contribution in [2.24, 2.45) is 4.99 Å². The summed E-state index contributed by atoms with van der Waals surface area (Å²) in [4.78, 5) is 10.8. The molecule has 5 nitrogen and oxygen atoms in total. The van der Waals surface area contributed by atoms with Gasteiger partial charge < -0.3 is 15.0 Å². The van der Waals surface area contributed by atoms with Crippen molar-refractivity contribution in [3.05, 3.63) is 45.4 Å². The highest BCUT2D eigenvalue weighted by atomic mass is 35.5. The third-order valence-corrected chi connectivity index (χ3v) is 4.38. The maximum Gasteiger partial charge on any atom is 0.193 e. The van der Waals surface area contributed by atoms with E-state index in [1.807, 2.05) is 50.1 Å². The van der Waals surface area contributed by atoms with Crippen LogP contribution in [0, 0.1) is 6.92 Å². The summed E-state index contributed by atoms with van der Waals surface area (Å²) in [6.45, 7) is 5.37. The molecule has 0 spiro atoms. The molecule has 0 radical (unpaired) electrons. The van der Waals surface area contributed by atoms with Crippen molar-refractivity contribution in [3.8, 4) is 5.75 Å². The summed E-state index contributed by atoms with van der Waals surface area (Å²) in [5.74, 6) is 1.57. The molecule has 0 bridgehead atoms. The van der Waals surface area contributed by atoms with Gasteiger partial charge in [-0.05, 0) is 32.0 Å². The normalized spacial score (nSPS) is 12.8. The number of hydrogen-bond acceptors (Lipinski definition) is 4. The first-order valence-corrected chi connectivity index (χ1v) is 8.98. The molecule has 1 aromatic carbocycles. The number of ether oxygens (including phenoxy) is 1. The Labute approximate surface area is 152 Å². The summed E-state index contributed by atoms with van der Waals surface area (Å²) in [6, 6.07) is 7.41. The summed E-state index contributed by atoms with van der Waals surface area (Å²) >= 11 is 7.63. The minimum Gasteiger partial charge on any atom is -0.489 e. The van der Waals surface area contributed by atoms with Crippen molar-refractivity contribution in [2.45, 2.75) is 26.5 Å². The standard InChI is InChI=1S/C17H23ClN4OS/c1-12(23-16-7-5-6-14(18)8-16)9-20-17(19-3)22(4)10-15-11-24-13(2)21-15/h5-8,11-12H,9-10H2,1-4H3,(H,19,20). The van der Waals surface area contributed by atoms with Crippen LogP contribution in [0.1, 0.15) is 17.6 Å². The summed E-state index contributed by atoms with van der Waals surface area (Å²) in [7, 11) is 3.76. The van der Waals surface area contributed by atoms with Crippen LogP contribution in [0.4, 0.5) is 0 Å². The summed E-state index contributed by atoms with van der Waals surface area (Å²) in [5, 5.41) is 7.14. The highest BCUT2D eigenvalue weighted by Crippen LogP contribution is 2.18. The lowest BCUT2D eigenvalue weighted by Crippen LogP contribution is -2.42. The van der Waals surface area contributed by atoms with Crippen molar-refractivity contribution in [2.75, 3.05) is 20.6 Å². The van der Waals surface area contributed by atoms with Gasteiger partial charge in [0, 0.05) is 24.5 Å². The van der Waals surface area contributed by atoms with Crippen molar-refractivity contribution in [1.82, 2.24) is 15.2 Å². The van der Waals surface area contributed by atoms with E-state index < -0.39 is 0 Å². The van der Waals surface area contributed by atoms with E-state index in [1.165, 1.54) is 0 Å². The number of nitrogens with zero attached hydrogens (tertiary/aromatic N) is 3. The largest absolute Gasteiger partial charge is 0.489 e. The van der Waals surface area contributed by atoms with Crippen molar-refractivity contribution < 1.29 is 4.74 Å². The second-order valence-electron chi connectivity index (χ2n) is 5.53. The van der Waals surface area contributed by atoms with Crippen molar-refractivity contribution in [1.29, 1.82) is 0 Å². The van der Waals surface area contributed by atoms with E-state index in [1.54, 1.807) is 18.4 Å². The molecule has 0 aliphatic heterocycles. The molecule has 0 saturated heterocycles. The average Bonchev–Trinajstić information content (AvgIpc) is 2.93. The number of halogens is 1. The molecule has 0 aliphatic rings. The SMILES string of the molecule is CN=C(NCC(C)Oc1cccc(Cl)c1)N(C)Cc1csc(C)n1. The number of hydrogen-bond donors (Lipinski definition) is 1. The molecule has 0 fully saturated rings. The van der Waals surface area contributed by atoms with Gasteiger partial charge in [0.25, 0.3) is 0 Å². The van der Waals surface area contributed by atoms with Gasteiger partial charge >= 0.3 is 0 Å². The number of aryl methyl sites for hydroxylation is 1. The molecule has 1 unspecified atom stereocenters. The zero-order chi connectivity index (χ0) is 17.5. The number of benzene rings is 1. The Balaban J connectivity index is 1.84. The van der Waals surface area contributed by atoms with Crippen molar-refractivity contribution >= 4 is 28.9 Å². The van der Waals surface area contributed by atoms with Crippen LogP contribution in [0.3, 0.4) is 0 Å². The number of rotatable bonds is 6. The molecule has 1 heterocycles. The molecule has 0 saturated carbocycles. The van der Waals surface area contributed by atoms with E-state index in [2.05, 4.69) is 20.7 Å². The third-order valence-electron chi connectivity index (χ3n) is 3.32. The predicted octanol–water partition coefficient (Wildman–Crippen LogP) is 3.58. The molecule has 7 heteroatoms. The van der Waals surface area contributed by atoms with Crippen LogP contribution in [0.2, 0.25) is 5.02 Å². The Bertz CT molecular complexity index is 689. The number of guanidine groups is 1. The second kappa shape index (κ2) is 8.89. The first-order chi connectivity index (χ1) is 11.5. The second-order valence-corrected chi connectivity index (χ2v) is 7.03. The van der Waals surface area contributed by atoms with E-state index in [0.29, 0.717) is 18.1 Å². The minimum absolute atomic E-state index is 0.0184. The third kappa shape index (κ3) is 5.69. The number of aliphatic imine (C=N–C) groups is 1. The number of aromatic nitrogens is 1. The number of thiazole rings is 1. The Hall–Kier alpha value is -1.79. The van der Waals surface area contributed by atoms with Gasteiger partial charge in [-0.2, -0.15) is 0 Å². The molecule has 1 aromatic heterocycles. The maximum absolute atomic E-state index is 5.97. The first-order valence-electron chi connectivity index (χ1n) is 7.73. The zero-order valence-electron chi connectivity index (χ0n) is 14.4. The lowest BCUT2D eigenvalue weighted by atomic mass is 10.3. The fourth-order valence-corrected chi connectivity index (χ4v) is 3.02. The fraction of sp³-hybridized carbons (Fsp3) is 0.412. The molecule has 130 valence electrons. The van der Waals surface area contributed by atoms with Gasteiger partial charge in [0.1, 0.15) is 11.9 Å². The quantitative estimate of drug-likeness (QED) is 0.627. The van der Waals surface area contributed by atoms with Gasteiger partial charge in [-0.25, -0.2) is 4.98 Å². The zero-order valence-corrected chi connectivity index (χ0v) is 16.0. The van der Waals surface area contributed by atoms with Gasteiger partial charge in [-0.1, -0.05) is 17.7 Å². The van der Waals surface area contributed by atoms with Crippen molar-refractivity contribution in [3.63, 3.8) is 0 Å². The minimum atomic E-state index is -0.0184. The lowest BCUT2D eigenvalue weighted by molar-refractivity contribution is 0.222. The van der Waals surface area contributed by atoms with E-state index in [9.17, 15) is 0 Å². The predicted molar refractivity (Wildman–Crippen MR) is 101 cm³/mol. The molecule has 1 atom stereocenters. The summed E-state index contributed by atoms with van der Waals surface area (Å²) in [5.41, 5.74) is 1.05. The highest BCUT2D eigenvalue weighted by molar-refractivity contribution is 7.09. The van der Waals surface area contributed by atoms with Crippen LogP contribution in [0.25, 0.3) is 0 Å². The molecule has 0 aliphatic carbocycles. The van der Waals surface area contributed by atoms with Gasteiger partial charge in [0.15, 0.2) is 5.96 Å². The number of nitrogens with one attached hydrogen (secondary N) is 1. The Morgan fingerprint density at radius 2 is 2.29 bits per heavy atom. The van der Waals surface area contributed by atoms with Crippen LogP contribution < -0.4 is 10.1 Å². The summed E-state index contributed by atoms with van der Waals surface area (Å²) < 4.78 is 5.86. The summed E-state index contributed by atoms with van der Waals surface area (Å²) in [6.07, 6.45) is -0.0184. The molecule has 0 amide bonds. The van der Waals surface area contributed by atoms with E-state index in [0.717, 1.165) is 22.4 Å². The lowest BCUT2D eigenvalue weighted by Gasteiger charge is -2.23. The van der Waals surface area contributed by atoms with Crippen LogP contribution in [-0.2, 0) is 6.54 Å². The maximum atomic E-state index is 5.97. The average molecular weight is 367 g/mol. The smallest absolute Gasteiger partial charge is 0.193 e. The van der Waals surface area contributed by atoms with Gasteiger partial charge in [0.2, 0.25) is 0 Å². The van der Waals surface area contributed by atoms with E-state index in [4.69, 9.17) is 16.3 Å². The molecule has 1 N–H and O–H groups in total. The molecular formula is C17H23ClN4OS. The molecule has 2 aromatic rings. The molecular weight excluding hydrogens is 344 g/mol. The van der Waals surface area contributed by atoms with Crippen LogP contribution >= 0.6 is 22.9 Å². The Kier molecular flexibility index (Phi) is 6.87. The topological polar surface area (TPSA) is 49.8 Å². The Morgan fingerprint density at radius 3 is 2.92 bits per heavy atom. The molecule has 24 heavy (non-hydrogen) atoms. The fourth-order valence-electron chi connectivity index (χ4n) is 2.23. The first kappa shape index (κ1) is 18.5. The highest BCUT2D eigenvalue weighted by Gasteiger charge is 2.11. The van der Waals surface area contributed by atoms with Crippen LogP contribution in [0.15, 0.2) is 34.6 Å². The monoisotopic (exact) mass is 366 g/mol. The van der Waals surface area contributed by atoms with E-state index in [-0.39, 0.29) is 6.10 Å². The van der Waals surface area contributed by atoms with Crippen LogP contribution in [-0.4, -0.2) is 42.6 Å².